The van der Waals surface area contributed by atoms with Crippen LogP contribution in [-0.4, -0.2) is 67.3 Å². The van der Waals surface area contributed by atoms with E-state index in [-0.39, 0.29) is 22.3 Å². The van der Waals surface area contributed by atoms with Crippen LogP contribution in [0.1, 0.15) is 54.7 Å². The van der Waals surface area contributed by atoms with Gasteiger partial charge in [-0.05, 0) is 75.5 Å². The van der Waals surface area contributed by atoms with E-state index >= 15 is 0 Å². The monoisotopic (exact) mass is 609 g/mol. The van der Waals surface area contributed by atoms with Crippen LogP contribution in [0.5, 0.6) is 0 Å². The smallest absolute Gasteiger partial charge is 0.255 e. The minimum Gasteiger partial charge on any atom is -0.334 e. The highest BCUT2D eigenvalue weighted by atomic mass is 32.2. The van der Waals surface area contributed by atoms with Crippen molar-refractivity contribution in [1.29, 1.82) is 0 Å². The third-order valence-electron chi connectivity index (χ3n) is 8.10. The molecule has 0 bridgehead atoms. The maximum Gasteiger partial charge on any atom is 0.255 e. The van der Waals surface area contributed by atoms with Gasteiger partial charge >= 0.3 is 0 Å². The first-order chi connectivity index (χ1) is 20.0. The Morgan fingerprint density at radius 2 is 1.95 bits per heavy atom. The molecule has 6 rings (SSSR count). The summed E-state index contributed by atoms with van der Waals surface area (Å²) in [6.45, 7) is 7.80. The van der Waals surface area contributed by atoms with Crippen LogP contribution in [0.3, 0.4) is 0 Å². The van der Waals surface area contributed by atoms with Gasteiger partial charge in [0.2, 0.25) is 15.9 Å². The second-order valence-corrected chi connectivity index (χ2v) is 14.5. The molecule has 1 aliphatic carbocycles. The third kappa shape index (κ3) is 5.41. The van der Waals surface area contributed by atoms with Crippen molar-refractivity contribution < 1.29 is 18.0 Å². The number of amides is 2. The predicted octanol–water partition coefficient (Wildman–Crippen LogP) is 3.64. The summed E-state index contributed by atoms with van der Waals surface area (Å²) in [6.07, 6.45) is 3.34. The van der Waals surface area contributed by atoms with Gasteiger partial charge in [-0.25, -0.2) is 23.1 Å². The SMILES string of the molecule is CNS(=O)(=O)c1cc(-c2sc(Nc3cccc(N4CCNC(C)(C)C4=O)n3)nc2C)cc2c1C(=O)N(CCC1CC1)C2. The van der Waals surface area contributed by atoms with Crippen LogP contribution < -0.4 is 20.3 Å². The molecule has 1 saturated heterocycles. The molecule has 3 N–H and O–H groups in total. The number of benzene rings is 1. The Kier molecular flexibility index (Phi) is 7.32. The number of hydrogen-bond acceptors (Lipinski definition) is 9. The molecule has 0 radical (unpaired) electrons. The van der Waals surface area contributed by atoms with E-state index in [0.717, 1.165) is 17.0 Å². The Bertz CT molecular complexity index is 1680. The number of hydrogen-bond donors (Lipinski definition) is 3. The van der Waals surface area contributed by atoms with Crippen LogP contribution in [0.4, 0.5) is 16.8 Å². The number of thiazole rings is 1. The lowest BCUT2D eigenvalue weighted by Crippen LogP contribution is -2.61. The number of aromatic nitrogens is 2. The molecule has 0 unspecified atom stereocenters. The summed E-state index contributed by atoms with van der Waals surface area (Å²) >= 11 is 1.38. The van der Waals surface area contributed by atoms with E-state index in [1.54, 1.807) is 15.9 Å². The number of pyridine rings is 1. The van der Waals surface area contributed by atoms with E-state index in [4.69, 9.17) is 0 Å². The second kappa shape index (κ2) is 10.7. The lowest BCUT2D eigenvalue weighted by molar-refractivity contribution is -0.125. The molecule has 4 heterocycles. The molecule has 222 valence electrons. The normalized spacial score (nSPS) is 18.5. The van der Waals surface area contributed by atoms with Crippen LogP contribution in [0, 0.1) is 12.8 Å². The van der Waals surface area contributed by atoms with Crippen molar-refractivity contribution in [2.24, 2.45) is 5.92 Å². The summed E-state index contributed by atoms with van der Waals surface area (Å²) in [5.41, 5.74) is 1.72. The fraction of sp³-hybridized carbons (Fsp3) is 0.448. The molecule has 2 aliphatic heterocycles. The number of fused-ring (bicyclic) bond motifs is 1. The molecule has 11 nitrogen and oxygen atoms in total. The molecule has 2 fully saturated rings. The predicted molar refractivity (Wildman–Crippen MR) is 163 cm³/mol. The fourth-order valence-electron chi connectivity index (χ4n) is 5.54. The third-order valence-corrected chi connectivity index (χ3v) is 10.7. The van der Waals surface area contributed by atoms with E-state index in [1.807, 2.05) is 45.0 Å². The summed E-state index contributed by atoms with van der Waals surface area (Å²) in [5, 5.41) is 7.07. The minimum absolute atomic E-state index is 0.00304. The molecule has 3 aliphatic rings. The maximum atomic E-state index is 13.3. The summed E-state index contributed by atoms with van der Waals surface area (Å²) < 4.78 is 28.6. The van der Waals surface area contributed by atoms with Gasteiger partial charge in [0.05, 0.1) is 26.6 Å². The Hall–Kier alpha value is -3.39. The molecule has 1 aromatic carbocycles. The average molecular weight is 610 g/mol. The Morgan fingerprint density at radius 3 is 2.69 bits per heavy atom. The number of piperazine rings is 1. The number of carbonyl (C=O) groups is 2. The first-order valence-electron chi connectivity index (χ1n) is 14.2. The van der Waals surface area contributed by atoms with Gasteiger partial charge in [0, 0.05) is 26.2 Å². The lowest BCUT2D eigenvalue weighted by Gasteiger charge is -2.37. The highest BCUT2D eigenvalue weighted by Crippen LogP contribution is 2.40. The van der Waals surface area contributed by atoms with E-state index in [1.165, 1.54) is 31.2 Å². The van der Waals surface area contributed by atoms with E-state index < -0.39 is 15.6 Å². The molecule has 0 spiro atoms. The van der Waals surface area contributed by atoms with Crippen molar-refractivity contribution >= 4 is 49.9 Å². The number of sulfonamides is 1. The van der Waals surface area contributed by atoms with Gasteiger partial charge in [-0.3, -0.25) is 14.5 Å². The molecular weight excluding hydrogens is 574 g/mol. The lowest BCUT2D eigenvalue weighted by atomic mass is 10.0. The standard InChI is InChI=1S/C29H35N7O4S2/c1-17-25(41-28(32-17)34-22-6-5-7-23(33-22)36-13-11-31-29(2,3)27(36)38)19-14-20-16-35(12-10-18-8-9-18)26(37)24(20)21(15-19)42(39,40)30-4/h5-7,14-15,18,30-31H,8-13,16H2,1-4H3,(H,32,33,34). The van der Waals surface area contributed by atoms with Crippen LogP contribution in [0.25, 0.3) is 10.4 Å². The topological polar surface area (TPSA) is 137 Å². The van der Waals surface area contributed by atoms with Gasteiger partial charge in [0.15, 0.2) is 5.13 Å². The first-order valence-corrected chi connectivity index (χ1v) is 16.5. The Labute approximate surface area is 249 Å². The molecule has 2 amide bonds. The van der Waals surface area contributed by atoms with Crippen LogP contribution >= 0.6 is 11.3 Å². The van der Waals surface area contributed by atoms with E-state index in [2.05, 4.69) is 25.3 Å². The number of anilines is 3. The van der Waals surface area contributed by atoms with Gasteiger partial charge in [0.1, 0.15) is 11.6 Å². The summed E-state index contributed by atoms with van der Waals surface area (Å²) in [5.74, 6) is 1.50. The molecule has 0 atom stereocenters. The zero-order chi connectivity index (χ0) is 29.8. The molecular formula is C29H35N7O4S2. The number of carbonyl (C=O) groups excluding carboxylic acids is 2. The van der Waals surface area contributed by atoms with Crippen molar-refractivity contribution in [3.8, 4) is 10.4 Å². The first kappa shape index (κ1) is 28.7. The van der Waals surface area contributed by atoms with Crippen LogP contribution in [0.2, 0.25) is 0 Å². The van der Waals surface area contributed by atoms with Crippen molar-refractivity contribution in [1.82, 2.24) is 24.9 Å². The molecule has 3 aromatic rings. The molecule has 13 heteroatoms. The average Bonchev–Trinajstić information content (AvgIpc) is 3.64. The van der Waals surface area contributed by atoms with Gasteiger partial charge in [-0.15, -0.1) is 0 Å². The zero-order valence-corrected chi connectivity index (χ0v) is 25.8. The molecule has 2 aromatic heterocycles. The highest BCUT2D eigenvalue weighted by molar-refractivity contribution is 7.89. The fourth-order valence-corrected chi connectivity index (χ4v) is 7.49. The number of nitrogens with zero attached hydrogens (tertiary/aromatic N) is 4. The van der Waals surface area contributed by atoms with E-state index in [0.29, 0.717) is 60.0 Å². The molecule has 42 heavy (non-hydrogen) atoms. The number of aryl methyl sites for hydroxylation is 1. The van der Waals surface area contributed by atoms with Crippen molar-refractivity contribution in [3.63, 3.8) is 0 Å². The highest BCUT2D eigenvalue weighted by Gasteiger charge is 2.37. The second-order valence-electron chi connectivity index (χ2n) is 11.6. The van der Waals surface area contributed by atoms with Crippen molar-refractivity contribution in [3.05, 3.63) is 47.2 Å². The number of rotatable bonds is 9. The van der Waals surface area contributed by atoms with Gasteiger partial charge in [0.25, 0.3) is 5.91 Å². The largest absolute Gasteiger partial charge is 0.334 e. The van der Waals surface area contributed by atoms with E-state index in [9.17, 15) is 18.0 Å². The van der Waals surface area contributed by atoms with Crippen LogP contribution in [0.15, 0.2) is 35.2 Å². The molecule has 1 saturated carbocycles. The summed E-state index contributed by atoms with van der Waals surface area (Å²) in [6, 6.07) is 8.96. The van der Waals surface area contributed by atoms with Crippen molar-refractivity contribution in [2.45, 2.75) is 57.0 Å². The van der Waals surface area contributed by atoms with Gasteiger partial charge < -0.3 is 15.5 Å². The van der Waals surface area contributed by atoms with Crippen molar-refractivity contribution in [2.75, 3.05) is 36.9 Å². The van der Waals surface area contributed by atoms with Crippen LogP contribution in [-0.2, 0) is 21.4 Å². The summed E-state index contributed by atoms with van der Waals surface area (Å²) in [4.78, 5) is 39.9. The van der Waals surface area contributed by atoms with Gasteiger partial charge in [-0.1, -0.05) is 30.2 Å². The number of nitrogens with one attached hydrogen (secondary N) is 3. The Morgan fingerprint density at radius 1 is 1.17 bits per heavy atom. The quantitative estimate of drug-likeness (QED) is 0.335. The minimum atomic E-state index is -3.89. The maximum absolute atomic E-state index is 13.3. The summed E-state index contributed by atoms with van der Waals surface area (Å²) in [7, 11) is -2.53. The van der Waals surface area contributed by atoms with Gasteiger partial charge in [-0.2, -0.15) is 0 Å². The zero-order valence-electron chi connectivity index (χ0n) is 24.2. The Balaban J connectivity index is 1.29.